The maximum Gasteiger partial charge on any atom is 0.521 e. The number of imide groups is 1. The van der Waals surface area contributed by atoms with Gasteiger partial charge in [0, 0.05) is 39.4 Å². The average molecular weight is 483 g/mol. The third kappa shape index (κ3) is 4.38. The third-order valence-corrected chi connectivity index (χ3v) is 8.41. The van der Waals surface area contributed by atoms with Gasteiger partial charge in [-0.1, -0.05) is 60.3 Å². The van der Waals surface area contributed by atoms with Crippen molar-refractivity contribution in [2.24, 2.45) is 0 Å². The van der Waals surface area contributed by atoms with E-state index in [1.807, 2.05) is 24.3 Å². The monoisotopic (exact) mass is 482 g/mol. The molecule has 6 nitrogen and oxygen atoms in total. The molecule has 2 unspecified atom stereocenters. The van der Waals surface area contributed by atoms with E-state index < -0.39 is 21.7 Å². The van der Waals surface area contributed by atoms with Crippen molar-refractivity contribution in [3.8, 4) is 0 Å². The first-order valence-corrected chi connectivity index (χ1v) is 12.5. The molecule has 0 aliphatic carbocycles. The number of carboxylic acid groups (broad SMARTS) is 1. The van der Waals surface area contributed by atoms with Crippen LogP contribution in [0.3, 0.4) is 0 Å². The maximum absolute atomic E-state index is 13.6. The highest BCUT2D eigenvalue weighted by atomic mass is 32.2. The number of likely N-dealkylation sites (tertiary alicyclic amines) is 1. The highest BCUT2D eigenvalue weighted by Crippen LogP contribution is 2.34. The van der Waals surface area contributed by atoms with Gasteiger partial charge in [-0.25, -0.2) is 4.79 Å². The van der Waals surface area contributed by atoms with Crippen LogP contribution in [-0.4, -0.2) is 50.3 Å². The van der Waals surface area contributed by atoms with Crippen LogP contribution >= 0.6 is 23.1 Å². The van der Waals surface area contributed by atoms with E-state index in [-0.39, 0.29) is 29.9 Å². The van der Waals surface area contributed by atoms with Crippen molar-refractivity contribution in [1.82, 2.24) is 0 Å². The number of amides is 2. The number of hydrogen-bond donors (Lipinski definition) is 1. The van der Waals surface area contributed by atoms with Gasteiger partial charge in [0.05, 0.1) is 18.2 Å². The standard InChI is InChI=1S/C25H23NO5S2/c1-16-8-7-13-26(16,25(30)31)22(27)14-21(33-24(29)17-9-3-2-4-10-17)23(28)19-15-32-20-12-6-5-11-18(19)20/h2-6,9-12,15-16,21H,7-8,13-14H2,1H3/p+1/t16-,21?,26?/m1/s1. The topological polar surface area (TPSA) is 88.5 Å². The summed E-state index contributed by atoms with van der Waals surface area (Å²) in [5, 5.41) is 11.1. The zero-order valence-electron chi connectivity index (χ0n) is 18.1. The van der Waals surface area contributed by atoms with E-state index in [1.54, 1.807) is 42.6 Å². The van der Waals surface area contributed by atoms with Crippen molar-refractivity contribution in [1.29, 1.82) is 0 Å². The molecule has 2 aromatic carbocycles. The predicted octanol–water partition coefficient (Wildman–Crippen LogP) is 5.62. The van der Waals surface area contributed by atoms with Crippen LogP contribution < -0.4 is 0 Å². The molecule has 2 amide bonds. The molecule has 33 heavy (non-hydrogen) atoms. The second-order valence-electron chi connectivity index (χ2n) is 8.23. The number of fused-ring (bicyclic) bond motifs is 1. The van der Waals surface area contributed by atoms with Crippen LogP contribution in [0.4, 0.5) is 4.79 Å². The van der Waals surface area contributed by atoms with Crippen molar-refractivity contribution >= 4 is 56.1 Å². The number of nitrogens with zero attached hydrogens (tertiary/aromatic N) is 1. The lowest BCUT2D eigenvalue weighted by atomic mass is 10.0. The number of Topliss-reactive ketones (excluding diaryl/α,β-unsaturated/α-hetero) is 1. The largest absolute Gasteiger partial charge is 0.521 e. The van der Waals surface area contributed by atoms with Crippen LogP contribution in [0.25, 0.3) is 10.1 Å². The van der Waals surface area contributed by atoms with E-state index >= 15 is 0 Å². The molecule has 170 valence electrons. The smallest absolute Gasteiger partial charge is 0.435 e. The molecule has 0 spiro atoms. The molecule has 3 atom stereocenters. The van der Waals surface area contributed by atoms with Gasteiger partial charge in [-0.05, 0) is 13.0 Å². The van der Waals surface area contributed by atoms with Gasteiger partial charge in [-0.3, -0.25) is 9.59 Å². The van der Waals surface area contributed by atoms with Crippen LogP contribution in [0.1, 0.15) is 46.9 Å². The molecule has 2 heterocycles. The van der Waals surface area contributed by atoms with Crippen LogP contribution in [0.2, 0.25) is 0 Å². The summed E-state index contributed by atoms with van der Waals surface area (Å²) in [6.45, 7) is 1.96. The predicted molar refractivity (Wildman–Crippen MR) is 130 cm³/mol. The van der Waals surface area contributed by atoms with E-state index in [2.05, 4.69) is 0 Å². The Kier molecular flexibility index (Phi) is 6.78. The van der Waals surface area contributed by atoms with Gasteiger partial charge in [0.15, 0.2) is 5.78 Å². The van der Waals surface area contributed by atoms with Gasteiger partial charge < -0.3 is 5.11 Å². The lowest BCUT2D eigenvalue weighted by molar-refractivity contribution is -0.792. The number of carbonyl (C=O) groups is 4. The zero-order valence-corrected chi connectivity index (χ0v) is 19.7. The van der Waals surface area contributed by atoms with Gasteiger partial charge >= 0.3 is 12.0 Å². The van der Waals surface area contributed by atoms with Crippen LogP contribution in [0.5, 0.6) is 0 Å². The molecule has 8 heteroatoms. The van der Waals surface area contributed by atoms with E-state index in [9.17, 15) is 24.3 Å². The van der Waals surface area contributed by atoms with Gasteiger partial charge in [0.1, 0.15) is 6.04 Å². The summed E-state index contributed by atoms with van der Waals surface area (Å²) in [7, 11) is 0. The molecular weight excluding hydrogens is 458 g/mol. The Morgan fingerprint density at radius 1 is 1.09 bits per heavy atom. The van der Waals surface area contributed by atoms with E-state index in [4.69, 9.17) is 0 Å². The summed E-state index contributed by atoms with van der Waals surface area (Å²) in [4.78, 5) is 52.1. The zero-order chi connectivity index (χ0) is 23.6. The number of thiophene rings is 1. The summed E-state index contributed by atoms with van der Waals surface area (Å²) in [5.41, 5.74) is 0.887. The average Bonchev–Trinajstić information content (AvgIpc) is 3.43. The first-order chi connectivity index (χ1) is 15.8. The molecule has 1 N–H and O–H groups in total. The summed E-state index contributed by atoms with van der Waals surface area (Å²) in [6, 6.07) is 15.7. The second-order valence-corrected chi connectivity index (χ2v) is 10.3. The van der Waals surface area contributed by atoms with Gasteiger partial charge in [0.2, 0.25) is 5.12 Å². The fraction of sp³-hybridized carbons (Fsp3) is 0.280. The number of quaternary nitrogens is 1. The molecule has 3 aromatic rings. The van der Waals surface area contributed by atoms with Crippen molar-refractivity contribution in [2.75, 3.05) is 6.54 Å². The van der Waals surface area contributed by atoms with Crippen LogP contribution in [0.15, 0.2) is 60.0 Å². The number of carbonyl (C=O) groups excluding carboxylic acids is 3. The summed E-state index contributed by atoms with van der Waals surface area (Å²) < 4.78 is 0.251. The molecule has 1 saturated heterocycles. The Morgan fingerprint density at radius 2 is 1.79 bits per heavy atom. The molecular formula is C25H24NO5S2+. The minimum atomic E-state index is -1.20. The van der Waals surface area contributed by atoms with E-state index in [0.717, 1.165) is 21.8 Å². The fourth-order valence-electron chi connectivity index (χ4n) is 4.46. The first-order valence-electron chi connectivity index (χ1n) is 10.8. The lowest BCUT2D eigenvalue weighted by Gasteiger charge is -2.30. The Bertz CT molecular complexity index is 1220. The number of hydrogen-bond acceptors (Lipinski definition) is 6. The molecule has 1 aliphatic heterocycles. The number of thioether (sulfide) groups is 1. The van der Waals surface area contributed by atoms with Gasteiger partial charge in [0.25, 0.3) is 0 Å². The summed E-state index contributed by atoms with van der Waals surface area (Å²) >= 11 is 2.23. The Balaban J connectivity index is 1.68. The lowest BCUT2D eigenvalue weighted by Crippen LogP contribution is -2.59. The van der Waals surface area contributed by atoms with Crippen molar-refractivity contribution in [3.05, 3.63) is 71.1 Å². The SMILES string of the molecule is C[C@@H]1CCC[N+]1(C(=O)O)C(=O)CC(SC(=O)c1ccccc1)C(=O)c1csc2ccccc12. The first kappa shape index (κ1) is 23.4. The van der Waals surface area contributed by atoms with Crippen LogP contribution in [0, 0.1) is 0 Å². The molecule has 0 radical (unpaired) electrons. The van der Waals surface area contributed by atoms with Gasteiger partial charge in [-0.15, -0.1) is 11.3 Å². The number of ketones is 1. The minimum Gasteiger partial charge on any atom is -0.435 e. The molecule has 1 fully saturated rings. The van der Waals surface area contributed by atoms with Crippen molar-refractivity contribution in [2.45, 2.75) is 37.5 Å². The van der Waals surface area contributed by atoms with E-state index in [0.29, 0.717) is 24.0 Å². The molecule has 0 bridgehead atoms. The van der Waals surface area contributed by atoms with Crippen LogP contribution in [-0.2, 0) is 4.79 Å². The molecule has 1 aliphatic rings. The molecule has 1 aromatic heterocycles. The normalized spacial score (nSPS) is 21.1. The Labute approximate surface area is 199 Å². The fourth-order valence-corrected chi connectivity index (χ4v) is 6.40. The highest BCUT2D eigenvalue weighted by Gasteiger charge is 2.53. The Hall–Kier alpha value is -2.81. The number of benzene rings is 2. The van der Waals surface area contributed by atoms with Crippen molar-refractivity contribution in [3.63, 3.8) is 0 Å². The third-order valence-electron chi connectivity index (χ3n) is 6.33. The maximum atomic E-state index is 13.6. The molecule has 4 rings (SSSR count). The quantitative estimate of drug-likeness (QED) is 0.362. The Morgan fingerprint density at radius 3 is 2.45 bits per heavy atom. The van der Waals surface area contributed by atoms with E-state index in [1.165, 1.54) is 11.3 Å². The summed E-state index contributed by atoms with van der Waals surface area (Å²) in [5.74, 6) is -0.857. The van der Waals surface area contributed by atoms with Gasteiger partial charge in [-0.2, -0.15) is 9.28 Å². The minimum absolute atomic E-state index is 0.203. The summed E-state index contributed by atoms with van der Waals surface area (Å²) in [6.07, 6.45) is -0.259. The second kappa shape index (κ2) is 9.59. The highest BCUT2D eigenvalue weighted by molar-refractivity contribution is 8.15. The molecule has 0 saturated carbocycles. The van der Waals surface area contributed by atoms with Crippen molar-refractivity contribution < 1.29 is 28.8 Å². The number of rotatable bonds is 6.